The fourth-order valence-electron chi connectivity index (χ4n) is 8.59. The molecule has 0 spiro atoms. The molecule has 3 heteroatoms. The average Bonchev–Trinajstić information content (AvgIpc) is 3.67. The van der Waals surface area contributed by atoms with Crippen LogP contribution in [0, 0.1) is 0 Å². The van der Waals surface area contributed by atoms with Gasteiger partial charge in [-0.3, -0.25) is 0 Å². The average molecular weight is 755 g/mol. The third kappa shape index (κ3) is 6.26. The van der Waals surface area contributed by atoms with Gasteiger partial charge in [-0.15, -0.1) is 0 Å². The minimum absolute atomic E-state index is 0.818. The Balaban J connectivity index is 1.15. The van der Waals surface area contributed by atoms with Gasteiger partial charge in [-0.05, 0) is 111 Å². The third-order valence-electron chi connectivity index (χ3n) is 11.4. The molecule has 0 fully saturated rings. The minimum Gasteiger partial charge on any atom is -0.456 e. The number of furan rings is 1. The van der Waals surface area contributed by atoms with Crippen molar-refractivity contribution in [3.8, 4) is 22.3 Å². The third-order valence-corrected chi connectivity index (χ3v) is 11.4. The summed E-state index contributed by atoms with van der Waals surface area (Å²) in [5, 5.41) is 6.93. The van der Waals surface area contributed by atoms with Gasteiger partial charge in [-0.1, -0.05) is 158 Å². The zero-order valence-corrected chi connectivity index (χ0v) is 32.2. The zero-order chi connectivity index (χ0) is 39.1. The van der Waals surface area contributed by atoms with Crippen molar-refractivity contribution < 1.29 is 4.42 Å². The number of rotatable bonds is 8. The van der Waals surface area contributed by atoms with Crippen LogP contribution in [0.2, 0.25) is 0 Å². The maximum absolute atomic E-state index is 6.93. The van der Waals surface area contributed by atoms with E-state index in [1.165, 1.54) is 38.4 Å². The molecule has 0 saturated carbocycles. The Bertz CT molecular complexity index is 3240. The summed E-state index contributed by atoms with van der Waals surface area (Å²) in [5.41, 5.74) is 12.6. The molecule has 0 N–H and O–H groups in total. The first-order chi connectivity index (χ1) is 29.2. The van der Waals surface area contributed by atoms with Crippen LogP contribution in [0.5, 0.6) is 0 Å². The highest BCUT2D eigenvalue weighted by molar-refractivity contribution is 6.17. The van der Waals surface area contributed by atoms with E-state index in [9.17, 15) is 0 Å². The van der Waals surface area contributed by atoms with Crippen LogP contribution in [0.15, 0.2) is 235 Å². The molecule has 1 heterocycles. The highest BCUT2D eigenvalue weighted by Crippen LogP contribution is 2.48. The molecule has 0 aliphatic carbocycles. The molecule has 11 rings (SSSR count). The fraction of sp³-hybridized carbons (Fsp3) is 0. The van der Waals surface area contributed by atoms with Gasteiger partial charge in [-0.2, -0.15) is 0 Å². The van der Waals surface area contributed by atoms with E-state index >= 15 is 0 Å². The van der Waals surface area contributed by atoms with Crippen molar-refractivity contribution in [3.63, 3.8) is 0 Å². The highest BCUT2D eigenvalue weighted by atomic mass is 16.3. The van der Waals surface area contributed by atoms with Crippen molar-refractivity contribution in [2.45, 2.75) is 0 Å². The van der Waals surface area contributed by atoms with Gasteiger partial charge in [-0.25, -0.2) is 0 Å². The molecule has 10 aromatic carbocycles. The summed E-state index contributed by atoms with van der Waals surface area (Å²) in [6.07, 6.45) is 0. The lowest BCUT2D eigenvalue weighted by atomic mass is 9.98. The molecule has 0 atom stereocenters. The molecular weight excluding hydrogens is 717 g/mol. The second kappa shape index (κ2) is 14.6. The molecule has 59 heavy (non-hydrogen) atoms. The molecule has 0 amide bonds. The van der Waals surface area contributed by atoms with E-state index < -0.39 is 0 Å². The van der Waals surface area contributed by atoms with Gasteiger partial charge in [0, 0.05) is 34.2 Å². The van der Waals surface area contributed by atoms with E-state index in [2.05, 4.69) is 240 Å². The van der Waals surface area contributed by atoms with E-state index in [1.54, 1.807) is 0 Å². The Labute approximate surface area is 343 Å². The van der Waals surface area contributed by atoms with E-state index in [-0.39, 0.29) is 0 Å². The van der Waals surface area contributed by atoms with Crippen molar-refractivity contribution >= 4 is 77.6 Å². The van der Waals surface area contributed by atoms with Gasteiger partial charge >= 0.3 is 0 Å². The quantitative estimate of drug-likeness (QED) is 0.154. The van der Waals surface area contributed by atoms with Gasteiger partial charge in [0.15, 0.2) is 0 Å². The van der Waals surface area contributed by atoms with Crippen molar-refractivity contribution in [2.24, 2.45) is 0 Å². The second-order valence-electron chi connectivity index (χ2n) is 15.0. The lowest BCUT2D eigenvalue weighted by Gasteiger charge is -2.30. The van der Waals surface area contributed by atoms with Crippen molar-refractivity contribution in [1.82, 2.24) is 0 Å². The molecule has 0 unspecified atom stereocenters. The van der Waals surface area contributed by atoms with Crippen LogP contribution in [0.1, 0.15) is 0 Å². The largest absolute Gasteiger partial charge is 0.456 e. The summed E-state index contributed by atoms with van der Waals surface area (Å²) in [4.78, 5) is 4.71. The van der Waals surface area contributed by atoms with Crippen LogP contribution in [-0.2, 0) is 0 Å². The van der Waals surface area contributed by atoms with Crippen LogP contribution in [0.4, 0.5) is 34.1 Å². The smallest absolute Gasteiger partial charge is 0.139 e. The van der Waals surface area contributed by atoms with Crippen LogP contribution in [-0.4, -0.2) is 0 Å². The Kier molecular flexibility index (Phi) is 8.49. The number of hydrogen-bond acceptors (Lipinski definition) is 3. The predicted molar refractivity (Wildman–Crippen MR) is 249 cm³/mol. The summed E-state index contributed by atoms with van der Waals surface area (Å²) in [6.45, 7) is 0. The minimum atomic E-state index is 0.818. The molecule has 0 saturated heterocycles. The van der Waals surface area contributed by atoms with E-state index in [1.807, 2.05) is 0 Å². The number of para-hydroxylation sites is 2. The molecule has 3 nitrogen and oxygen atoms in total. The van der Waals surface area contributed by atoms with Crippen LogP contribution < -0.4 is 9.80 Å². The molecular formula is C56H38N2O. The first-order valence-corrected chi connectivity index (χ1v) is 20.1. The highest BCUT2D eigenvalue weighted by Gasteiger charge is 2.24. The maximum atomic E-state index is 6.93. The number of benzene rings is 10. The van der Waals surface area contributed by atoms with Crippen LogP contribution in [0.25, 0.3) is 65.7 Å². The first-order valence-electron chi connectivity index (χ1n) is 20.1. The standard InChI is InChI=1S/C56H38N2O/c1-4-15-39(16-5-1)40-27-31-47(32-28-40)57(45-21-6-2-7-22-45)49-37-53(56-52-35-43-18-10-11-19-44(43)36-54(52)59-55(56)38-49)58(46-23-8-3-9-24-46)48-33-29-42(30-34-48)51-26-14-20-41-17-12-13-25-50(41)51/h1-38H. The lowest BCUT2D eigenvalue weighted by molar-refractivity contribution is 0.669. The topological polar surface area (TPSA) is 19.6 Å². The zero-order valence-electron chi connectivity index (χ0n) is 32.2. The fourth-order valence-corrected chi connectivity index (χ4v) is 8.59. The van der Waals surface area contributed by atoms with Gasteiger partial charge in [0.25, 0.3) is 0 Å². The molecule has 0 radical (unpaired) electrons. The number of fused-ring (bicyclic) bond motifs is 5. The number of anilines is 6. The summed E-state index contributed by atoms with van der Waals surface area (Å²) in [6, 6.07) is 82.3. The second-order valence-corrected chi connectivity index (χ2v) is 15.0. The summed E-state index contributed by atoms with van der Waals surface area (Å²) in [7, 11) is 0. The van der Waals surface area contributed by atoms with Crippen molar-refractivity contribution in [2.75, 3.05) is 9.80 Å². The summed E-state index contributed by atoms with van der Waals surface area (Å²) >= 11 is 0. The van der Waals surface area contributed by atoms with Crippen LogP contribution >= 0.6 is 0 Å². The first kappa shape index (κ1) is 34.4. The number of nitrogens with zero attached hydrogens (tertiary/aromatic N) is 2. The van der Waals surface area contributed by atoms with E-state index in [0.29, 0.717) is 0 Å². The molecule has 1 aromatic heterocycles. The Morgan fingerprint density at radius 1 is 0.288 bits per heavy atom. The Hall–Kier alpha value is -7.88. The normalized spacial score (nSPS) is 11.4. The molecule has 0 aliphatic rings. The van der Waals surface area contributed by atoms with Gasteiger partial charge in [0.05, 0.1) is 16.8 Å². The van der Waals surface area contributed by atoms with E-state index in [0.717, 1.165) is 61.4 Å². The van der Waals surface area contributed by atoms with Crippen molar-refractivity contribution in [3.05, 3.63) is 231 Å². The molecule has 0 aliphatic heterocycles. The Morgan fingerprint density at radius 3 is 1.49 bits per heavy atom. The molecule has 11 aromatic rings. The monoisotopic (exact) mass is 754 g/mol. The van der Waals surface area contributed by atoms with Crippen molar-refractivity contribution in [1.29, 1.82) is 0 Å². The Morgan fingerprint density at radius 2 is 0.797 bits per heavy atom. The maximum Gasteiger partial charge on any atom is 0.139 e. The van der Waals surface area contributed by atoms with Crippen LogP contribution in [0.3, 0.4) is 0 Å². The SMILES string of the molecule is c1ccc(-c2ccc(N(c3ccccc3)c3cc(N(c4ccccc4)c4ccc(-c5cccc6ccccc56)cc4)c4c(c3)oc3cc5ccccc5cc34)cc2)cc1. The summed E-state index contributed by atoms with van der Waals surface area (Å²) in [5.74, 6) is 0. The summed E-state index contributed by atoms with van der Waals surface area (Å²) < 4.78 is 6.93. The molecule has 278 valence electrons. The predicted octanol–water partition coefficient (Wildman–Crippen LogP) is 16.2. The van der Waals surface area contributed by atoms with E-state index in [4.69, 9.17) is 4.42 Å². The lowest BCUT2D eigenvalue weighted by Crippen LogP contribution is -2.13. The van der Waals surface area contributed by atoms with Gasteiger partial charge in [0.2, 0.25) is 0 Å². The van der Waals surface area contributed by atoms with Gasteiger partial charge < -0.3 is 14.2 Å². The number of hydrogen-bond donors (Lipinski definition) is 0. The molecule has 0 bridgehead atoms. The van der Waals surface area contributed by atoms with Gasteiger partial charge in [0.1, 0.15) is 11.2 Å².